The van der Waals surface area contributed by atoms with Crippen molar-refractivity contribution in [3.8, 4) is 11.8 Å². The molecular formula is C11H10O2. The molecule has 0 saturated carbocycles. The first-order valence-corrected chi connectivity index (χ1v) is 3.99. The highest BCUT2D eigenvalue weighted by atomic mass is 16.4. The highest BCUT2D eigenvalue weighted by molar-refractivity contribution is 5.73. The van der Waals surface area contributed by atoms with Crippen LogP contribution in [0.2, 0.25) is 0 Å². The van der Waals surface area contributed by atoms with E-state index in [1.54, 1.807) is 6.92 Å². The van der Waals surface area contributed by atoms with Crippen molar-refractivity contribution in [2.75, 3.05) is 0 Å². The van der Waals surface area contributed by atoms with E-state index in [-0.39, 0.29) is 0 Å². The predicted octanol–water partition coefficient (Wildman–Crippen LogP) is 1.76. The predicted molar refractivity (Wildman–Crippen MR) is 50.1 cm³/mol. The molecular weight excluding hydrogens is 164 g/mol. The lowest BCUT2D eigenvalue weighted by Crippen LogP contribution is -2.06. The summed E-state index contributed by atoms with van der Waals surface area (Å²) < 4.78 is 0. The zero-order chi connectivity index (χ0) is 9.68. The lowest BCUT2D eigenvalue weighted by Gasteiger charge is -1.92. The van der Waals surface area contributed by atoms with Gasteiger partial charge in [0.2, 0.25) is 0 Å². The minimum atomic E-state index is -0.886. The SMILES string of the molecule is C[C@H](C#Cc1ccccc1)C(=O)O. The summed E-state index contributed by atoms with van der Waals surface area (Å²) in [4.78, 5) is 10.4. The fourth-order valence-electron chi connectivity index (χ4n) is 0.775. The topological polar surface area (TPSA) is 37.3 Å². The van der Waals surface area contributed by atoms with Gasteiger partial charge in [-0.05, 0) is 19.1 Å². The second-order valence-electron chi connectivity index (χ2n) is 2.70. The van der Waals surface area contributed by atoms with E-state index in [1.807, 2.05) is 30.3 Å². The molecule has 1 atom stereocenters. The molecule has 1 N–H and O–H groups in total. The fourth-order valence-corrected chi connectivity index (χ4v) is 0.775. The largest absolute Gasteiger partial charge is 0.480 e. The number of rotatable bonds is 1. The van der Waals surface area contributed by atoms with E-state index in [9.17, 15) is 4.79 Å². The normalized spacial score (nSPS) is 11.2. The first-order valence-electron chi connectivity index (χ1n) is 3.99. The van der Waals surface area contributed by atoms with Crippen molar-refractivity contribution in [2.45, 2.75) is 6.92 Å². The van der Waals surface area contributed by atoms with E-state index < -0.39 is 11.9 Å². The molecule has 13 heavy (non-hydrogen) atoms. The fraction of sp³-hybridized carbons (Fsp3) is 0.182. The van der Waals surface area contributed by atoms with Crippen molar-refractivity contribution in [1.82, 2.24) is 0 Å². The summed E-state index contributed by atoms with van der Waals surface area (Å²) in [5, 5.41) is 8.56. The van der Waals surface area contributed by atoms with E-state index in [0.29, 0.717) is 0 Å². The molecule has 0 aliphatic carbocycles. The first kappa shape index (κ1) is 9.34. The van der Waals surface area contributed by atoms with Crippen LogP contribution in [0.1, 0.15) is 12.5 Å². The molecule has 0 radical (unpaired) electrons. The molecule has 0 bridgehead atoms. The molecule has 0 fully saturated rings. The minimum absolute atomic E-state index is 0.611. The van der Waals surface area contributed by atoms with Gasteiger partial charge in [-0.1, -0.05) is 30.0 Å². The molecule has 0 aromatic heterocycles. The summed E-state index contributed by atoms with van der Waals surface area (Å²) in [6, 6.07) is 9.33. The second-order valence-corrected chi connectivity index (χ2v) is 2.70. The molecule has 0 heterocycles. The molecule has 0 saturated heterocycles. The van der Waals surface area contributed by atoms with Crippen molar-refractivity contribution in [3.05, 3.63) is 35.9 Å². The molecule has 1 aromatic carbocycles. The molecule has 1 rings (SSSR count). The van der Waals surface area contributed by atoms with Gasteiger partial charge in [0.25, 0.3) is 0 Å². The maximum atomic E-state index is 10.4. The zero-order valence-corrected chi connectivity index (χ0v) is 7.32. The molecule has 1 aromatic rings. The summed E-state index contributed by atoms with van der Waals surface area (Å²) in [5.41, 5.74) is 0.843. The average molecular weight is 174 g/mol. The molecule has 66 valence electrons. The Labute approximate surface area is 77.2 Å². The summed E-state index contributed by atoms with van der Waals surface area (Å²) in [5.74, 6) is 3.95. The molecule has 0 unspecified atom stereocenters. The van der Waals surface area contributed by atoms with Gasteiger partial charge < -0.3 is 5.11 Å². The van der Waals surface area contributed by atoms with Crippen molar-refractivity contribution in [3.63, 3.8) is 0 Å². The molecule has 2 heteroatoms. The summed E-state index contributed by atoms with van der Waals surface area (Å²) >= 11 is 0. The van der Waals surface area contributed by atoms with Crippen molar-refractivity contribution in [2.24, 2.45) is 5.92 Å². The Morgan fingerprint density at radius 2 is 2.00 bits per heavy atom. The molecule has 0 spiro atoms. The molecule has 0 amide bonds. The van der Waals surface area contributed by atoms with Gasteiger partial charge in [0.05, 0.1) is 0 Å². The first-order chi connectivity index (χ1) is 6.20. The average Bonchev–Trinajstić information content (AvgIpc) is 2.15. The van der Waals surface area contributed by atoms with Crippen LogP contribution < -0.4 is 0 Å². The number of carboxylic acids is 1. The Hall–Kier alpha value is -1.75. The second kappa shape index (κ2) is 4.32. The maximum absolute atomic E-state index is 10.4. The van der Waals surface area contributed by atoms with E-state index in [0.717, 1.165) is 5.56 Å². The third-order valence-corrected chi connectivity index (χ3v) is 1.58. The van der Waals surface area contributed by atoms with Crippen LogP contribution in [-0.2, 0) is 4.79 Å². The Morgan fingerprint density at radius 1 is 1.38 bits per heavy atom. The van der Waals surface area contributed by atoms with Crippen LogP contribution in [0.3, 0.4) is 0 Å². The quantitative estimate of drug-likeness (QED) is 0.658. The highest BCUT2D eigenvalue weighted by Gasteiger charge is 2.04. The summed E-state index contributed by atoms with van der Waals surface area (Å²) in [6.07, 6.45) is 0. The van der Waals surface area contributed by atoms with Crippen molar-refractivity contribution < 1.29 is 9.90 Å². The van der Waals surface area contributed by atoms with Gasteiger partial charge >= 0.3 is 5.97 Å². The van der Waals surface area contributed by atoms with Gasteiger partial charge in [-0.25, -0.2) is 0 Å². The number of hydrogen-bond acceptors (Lipinski definition) is 1. The van der Waals surface area contributed by atoms with Gasteiger partial charge in [0, 0.05) is 5.56 Å². The van der Waals surface area contributed by atoms with E-state index in [4.69, 9.17) is 5.11 Å². The van der Waals surface area contributed by atoms with Crippen LogP contribution in [0.15, 0.2) is 30.3 Å². The lowest BCUT2D eigenvalue weighted by atomic mass is 10.1. The van der Waals surface area contributed by atoms with Crippen LogP contribution in [0.5, 0.6) is 0 Å². The monoisotopic (exact) mass is 174 g/mol. The van der Waals surface area contributed by atoms with Gasteiger partial charge in [-0.2, -0.15) is 0 Å². The Morgan fingerprint density at radius 3 is 2.54 bits per heavy atom. The van der Waals surface area contributed by atoms with Gasteiger partial charge in [-0.3, -0.25) is 4.79 Å². The maximum Gasteiger partial charge on any atom is 0.318 e. The third-order valence-electron chi connectivity index (χ3n) is 1.58. The van der Waals surface area contributed by atoms with Crippen molar-refractivity contribution in [1.29, 1.82) is 0 Å². The highest BCUT2D eigenvalue weighted by Crippen LogP contribution is 1.97. The summed E-state index contributed by atoms with van der Waals surface area (Å²) in [6.45, 7) is 1.57. The number of benzene rings is 1. The zero-order valence-electron chi connectivity index (χ0n) is 7.32. The Balaban J connectivity index is 2.73. The van der Waals surface area contributed by atoms with E-state index in [2.05, 4.69) is 11.8 Å². The van der Waals surface area contributed by atoms with Crippen LogP contribution in [0.25, 0.3) is 0 Å². The molecule has 0 aliphatic heterocycles. The standard InChI is InChI=1S/C11H10O2/c1-9(11(12)13)7-8-10-5-3-2-4-6-10/h2-6,9H,1H3,(H,12,13)/t9-/m1/s1. The van der Waals surface area contributed by atoms with Crippen molar-refractivity contribution >= 4 is 5.97 Å². The Kier molecular flexibility index (Phi) is 3.10. The number of carboxylic acid groups (broad SMARTS) is 1. The van der Waals surface area contributed by atoms with Gasteiger partial charge in [0.1, 0.15) is 5.92 Å². The number of aliphatic carboxylic acids is 1. The molecule has 2 nitrogen and oxygen atoms in total. The summed E-state index contributed by atoms with van der Waals surface area (Å²) in [7, 11) is 0. The van der Waals surface area contributed by atoms with E-state index in [1.165, 1.54) is 0 Å². The van der Waals surface area contributed by atoms with Crippen LogP contribution in [-0.4, -0.2) is 11.1 Å². The minimum Gasteiger partial charge on any atom is -0.480 e. The van der Waals surface area contributed by atoms with Crippen LogP contribution >= 0.6 is 0 Å². The molecule has 0 aliphatic rings. The van der Waals surface area contributed by atoms with Gasteiger partial charge in [0.15, 0.2) is 0 Å². The van der Waals surface area contributed by atoms with Crippen LogP contribution in [0, 0.1) is 17.8 Å². The number of hydrogen-bond donors (Lipinski definition) is 1. The number of carbonyl (C=O) groups is 1. The Bertz CT molecular complexity index is 343. The third kappa shape index (κ3) is 3.00. The lowest BCUT2D eigenvalue weighted by molar-refractivity contribution is -0.139. The van der Waals surface area contributed by atoms with E-state index >= 15 is 0 Å². The van der Waals surface area contributed by atoms with Crippen LogP contribution in [0.4, 0.5) is 0 Å². The van der Waals surface area contributed by atoms with Gasteiger partial charge in [-0.15, -0.1) is 0 Å². The smallest absolute Gasteiger partial charge is 0.318 e.